The first kappa shape index (κ1) is 29.5. The third kappa shape index (κ3) is 8.74. The highest BCUT2D eigenvalue weighted by atomic mass is 127. The first-order valence-corrected chi connectivity index (χ1v) is 15.1. The normalized spacial score (nSPS) is 21.4. The Hall–Kier alpha value is -3.01. The topological polar surface area (TPSA) is 46.2 Å². The summed E-state index contributed by atoms with van der Waals surface area (Å²) in [4.78, 5) is 0. The van der Waals surface area contributed by atoms with Gasteiger partial charge in [0.1, 0.15) is 24.1 Å². The fourth-order valence-corrected chi connectivity index (χ4v) is 5.29. The zero-order valence-corrected chi connectivity index (χ0v) is 25.0. The van der Waals surface area contributed by atoms with Crippen LogP contribution >= 0.6 is 22.6 Å². The first-order valence-electron chi connectivity index (χ1n) is 13.9. The van der Waals surface area contributed by atoms with Gasteiger partial charge in [-0.3, -0.25) is 0 Å². The number of halogens is 1. The molecule has 4 atom stereocenters. The summed E-state index contributed by atoms with van der Waals surface area (Å²) in [6.07, 6.45) is -1.71. The standard InChI is InChI=1S/C35H35IO5/c36-21-31-33(38-23-28-15-7-2-8-16-28)35(40-25-30-19-11-4-12-20-30)34(39-24-29-17-9-3-10-18-29)32(41-31)26-37-22-27-13-5-1-6-14-27/h1-21,32-35H,22-26H2/b31-21-/t32-,33+,34-,35-/m1/s1. The number of rotatable bonds is 13. The van der Waals surface area contributed by atoms with Gasteiger partial charge in [-0.1, -0.05) is 121 Å². The molecule has 6 heteroatoms. The number of hydrogen-bond donors (Lipinski definition) is 0. The molecule has 0 aliphatic carbocycles. The quantitative estimate of drug-likeness (QED) is 0.138. The maximum atomic E-state index is 6.67. The van der Waals surface area contributed by atoms with E-state index in [2.05, 4.69) is 71.1 Å². The molecule has 0 unspecified atom stereocenters. The Bertz CT molecular complexity index is 1320. The van der Waals surface area contributed by atoms with Crippen LogP contribution in [0, 0.1) is 0 Å². The van der Waals surface area contributed by atoms with Crippen LogP contribution in [0.15, 0.2) is 131 Å². The van der Waals surface area contributed by atoms with E-state index in [-0.39, 0.29) is 6.10 Å². The second kappa shape index (κ2) is 15.8. The minimum atomic E-state index is -0.457. The van der Waals surface area contributed by atoms with Crippen molar-refractivity contribution in [1.82, 2.24) is 0 Å². The largest absolute Gasteiger partial charge is 0.486 e. The van der Waals surface area contributed by atoms with Crippen molar-refractivity contribution in [2.75, 3.05) is 6.61 Å². The van der Waals surface area contributed by atoms with Gasteiger partial charge in [-0.25, -0.2) is 0 Å². The summed E-state index contributed by atoms with van der Waals surface area (Å²) in [5.41, 5.74) is 4.35. The molecule has 0 radical (unpaired) electrons. The van der Waals surface area contributed by atoms with Gasteiger partial charge < -0.3 is 23.7 Å². The van der Waals surface area contributed by atoms with Crippen LogP contribution in [0.4, 0.5) is 0 Å². The lowest BCUT2D eigenvalue weighted by Gasteiger charge is -2.43. The smallest absolute Gasteiger partial charge is 0.150 e. The Morgan fingerprint density at radius 2 is 0.951 bits per heavy atom. The average molecular weight is 663 g/mol. The Labute approximate surface area is 256 Å². The molecule has 0 amide bonds. The molecule has 212 valence electrons. The molecule has 5 rings (SSSR count). The Morgan fingerprint density at radius 1 is 0.537 bits per heavy atom. The van der Waals surface area contributed by atoms with E-state index < -0.39 is 18.3 Å². The van der Waals surface area contributed by atoms with Gasteiger partial charge in [0.25, 0.3) is 0 Å². The Balaban J connectivity index is 1.39. The van der Waals surface area contributed by atoms with E-state index in [0.29, 0.717) is 38.8 Å². The maximum absolute atomic E-state index is 6.67. The van der Waals surface area contributed by atoms with Crippen molar-refractivity contribution in [3.63, 3.8) is 0 Å². The molecular formula is C35H35IO5. The molecule has 0 spiro atoms. The molecule has 1 fully saturated rings. The summed E-state index contributed by atoms with van der Waals surface area (Å²) in [7, 11) is 0. The second-order valence-electron chi connectivity index (χ2n) is 9.91. The number of benzene rings is 4. The lowest BCUT2D eigenvalue weighted by atomic mass is 9.97. The van der Waals surface area contributed by atoms with E-state index in [9.17, 15) is 0 Å². The molecule has 0 N–H and O–H groups in total. The van der Waals surface area contributed by atoms with Gasteiger partial charge in [0, 0.05) is 4.08 Å². The maximum Gasteiger partial charge on any atom is 0.150 e. The van der Waals surface area contributed by atoms with E-state index in [1.54, 1.807) is 0 Å². The second-order valence-corrected chi connectivity index (χ2v) is 10.5. The summed E-state index contributed by atoms with van der Waals surface area (Å²) in [6, 6.07) is 40.6. The van der Waals surface area contributed by atoms with Gasteiger partial charge >= 0.3 is 0 Å². The van der Waals surface area contributed by atoms with E-state index >= 15 is 0 Å². The van der Waals surface area contributed by atoms with Crippen LogP contribution in [0.3, 0.4) is 0 Å². The van der Waals surface area contributed by atoms with Crippen molar-refractivity contribution < 1.29 is 23.7 Å². The third-order valence-corrected chi connectivity index (χ3v) is 7.51. The van der Waals surface area contributed by atoms with Crippen molar-refractivity contribution in [2.24, 2.45) is 0 Å². The van der Waals surface area contributed by atoms with Crippen LogP contribution in [0.2, 0.25) is 0 Å². The molecule has 0 bridgehead atoms. The molecule has 1 aliphatic rings. The van der Waals surface area contributed by atoms with Crippen LogP contribution in [0.5, 0.6) is 0 Å². The summed E-state index contributed by atoms with van der Waals surface area (Å²) in [5, 5.41) is 0. The van der Waals surface area contributed by atoms with E-state index in [1.807, 2.05) is 76.9 Å². The van der Waals surface area contributed by atoms with Gasteiger partial charge in [0.15, 0.2) is 6.10 Å². The summed E-state index contributed by atoms with van der Waals surface area (Å²) < 4.78 is 34.5. The summed E-state index contributed by atoms with van der Waals surface area (Å²) >= 11 is 2.22. The molecule has 4 aromatic carbocycles. The summed E-state index contributed by atoms with van der Waals surface area (Å²) in [6.45, 7) is 2.10. The van der Waals surface area contributed by atoms with Crippen molar-refractivity contribution in [2.45, 2.75) is 50.8 Å². The zero-order chi connectivity index (χ0) is 28.1. The van der Waals surface area contributed by atoms with Crippen LogP contribution in [-0.4, -0.2) is 31.0 Å². The molecule has 4 aromatic rings. The number of ether oxygens (including phenoxy) is 5. The fraction of sp³-hybridized carbons (Fsp3) is 0.257. The highest BCUT2D eigenvalue weighted by Gasteiger charge is 2.46. The Morgan fingerprint density at radius 3 is 1.41 bits per heavy atom. The van der Waals surface area contributed by atoms with Crippen molar-refractivity contribution in [3.8, 4) is 0 Å². The molecule has 0 aromatic heterocycles. The van der Waals surface area contributed by atoms with Gasteiger partial charge in [-0.05, 0) is 44.8 Å². The fourth-order valence-electron chi connectivity index (χ4n) is 4.79. The molecule has 1 aliphatic heterocycles. The van der Waals surface area contributed by atoms with E-state index in [1.165, 1.54) is 0 Å². The van der Waals surface area contributed by atoms with Crippen molar-refractivity contribution in [3.05, 3.63) is 153 Å². The minimum absolute atomic E-state index is 0.346. The first-order chi connectivity index (χ1) is 20.3. The van der Waals surface area contributed by atoms with Gasteiger partial charge in [0.2, 0.25) is 0 Å². The molecule has 41 heavy (non-hydrogen) atoms. The van der Waals surface area contributed by atoms with Gasteiger partial charge in [-0.2, -0.15) is 0 Å². The van der Waals surface area contributed by atoms with Crippen molar-refractivity contribution in [1.29, 1.82) is 0 Å². The third-order valence-electron chi connectivity index (χ3n) is 6.90. The number of hydrogen-bond acceptors (Lipinski definition) is 5. The lowest BCUT2D eigenvalue weighted by Crippen LogP contribution is -2.56. The summed E-state index contributed by atoms with van der Waals surface area (Å²) in [5.74, 6) is 0.715. The monoisotopic (exact) mass is 662 g/mol. The molecule has 1 heterocycles. The molecule has 5 nitrogen and oxygen atoms in total. The zero-order valence-electron chi connectivity index (χ0n) is 22.9. The van der Waals surface area contributed by atoms with Gasteiger partial charge in [0.05, 0.1) is 33.0 Å². The molecule has 0 saturated carbocycles. The Kier molecular flexibility index (Phi) is 11.4. The minimum Gasteiger partial charge on any atom is -0.486 e. The van der Waals surface area contributed by atoms with E-state index in [4.69, 9.17) is 23.7 Å². The SMILES string of the molecule is I/C=C1\O[C@H](COCc2ccccc2)[C@@H](OCc2ccccc2)[C@H](OCc2ccccc2)[C@H]1OCc1ccccc1. The molecule has 1 saturated heterocycles. The van der Waals surface area contributed by atoms with Crippen LogP contribution in [0.1, 0.15) is 22.3 Å². The highest BCUT2D eigenvalue weighted by molar-refractivity contribution is 14.1. The lowest BCUT2D eigenvalue weighted by molar-refractivity contribution is -0.223. The van der Waals surface area contributed by atoms with Gasteiger partial charge in [-0.15, -0.1) is 0 Å². The molecular weight excluding hydrogens is 627 g/mol. The predicted octanol–water partition coefficient (Wildman–Crippen LogP) is 7.63. The van der Waals surface area contributed by atoms with Crippen LogP contribution in [0.25, 0.3) is 0 Å². The van der Waals surface area contributed by atoms with Crippen LogP contribution in [-0.2, 0) is 50.1 Å². The van der Waals surface area contributed by atoms with E-state index in [0.717, 1.165) is 22.3 Å². The van der Waals surface area contributed by atoms with Crippen molar-refractivity contribution >= 4 is 22.6 Å². The average Bonchev–Trinajstić information content (AvgIpc) is 3.04. The highest BCUT2D eigenvalue weighted by Crippen LogP contribution is 2.33. The van der Waals surface area contributed by atoms with Crippen LogP contribution < -0.4 is 0 Å². The predicted molar refractivity (Wildman–Crippen MR) is 168 cm³/mol.